The predicted molar refractivity (Wildman–Crippen MR) is 124 cm³/mol. The van der Waals surface area contributed by atoms with Gasteiger partial charge in [-0.1, -0.05) is 18.2 Å². The Kier molecular flexibility index (Phi) is 8.19. The number of aryl methyl sites for hydroxylation is 1. The number of nitrogens with zero attached hydrogens (tertiary/aromatic N) is 2. The van der Waals surface area contributed by atoms with Crippen LogP contribution in [0.5, 0.6) is 0 Å². The van der Waals surface area contributed by atoms with Gasteiger partial charge in [-0.25, -0.2) is 9.38 Å². The van der Waals surface area contributed by atoms with Crippen molar-refractivity contribution in [3.8, 4) is 0 Å². The Hall–Kier alpha value is -3.42. The van der Waals surface area contributed by atoms with E-state index in [0.29, 0.717) is 49.7 Å². The fourth-order valence-corrected chi connectivity index (χ4v) is 3.41. The fourth-order valence-electron chi connectivity index (χ4n) is 3.41. The number of amides is 2. The van der Waals surface area contributed by atoms with Gasteiger partial charge in [0.05, 0.1) is 6.54 Å². The molecule has 1 aliphatic rings. The van der Waals surface area contributed by atoms with Crippen molar-refractivity contribution in [2.24, 2.45) is 4.99 Å². The number of benzene rings is 2. The first kappa shape index (κ1) is 23.2. The molecule has 170 valence electrons. The maximum absolute atomic E-state index is 13.6. The summed E-state index contributed by atoms with van der Waals surface area (Å²) in [5.74, 6) is 0.109. The number of aliphatic imine (C=N–C) groups is 1. The highest BCUT2D eigenvalue weighted by Gasteiger charge is 2.21. The second-order valence-corrected chi connectivity index (χ2v) is 7.66. The van der Waals surface area contributed by atoms with Gasteiger partial charge in [0, 0.05) is 43.9 Å². The summed E-state index contributed by atoms with van der Waals surface area (Å²) < 4.78 is 13.6. The van der Waals surface area contributed by atoms with Crippen LogP contribution in [0.3, 0.4) is 0 Å². The third-order valence-electron chi connectivity index (χ3n) is 5.22. The number of hydrogen-bond donors (Lipinski definition) is 3. The molecule has 2 amide bonds. The number of rotatable bonds is 8. The average Bonchev–Trinajstić information content (AvgIpc) is 3.22. The molecule has 0 spiro atoms. The zero-order chi connectivity index (χ0) is 22.9. The van der Waals surface area contributed by atoms with Crippen LogP contribution < -0.4 is 20.9 Å². The molecule has 0 saturated carbocycles. The highest BCUT2D eigenvalue weighted by atomic mass is 19.1. The topological polar surface area (TPSA) is 85.8 Å². The zero-order valence-corrected chi connectivity index (χ0v) is 18.6. The third kappa shape index (κ3) is 6.29. The lowest BCUT2D eigenvalue weighted by molar-refractivity contribution is -0.117. The number of hydrogen-bond acceptors (Lipinski definition) is 3. The maximum atomic E-state index is 13.6. The molecule has 1 aliphatic heterocycles. The number of halogens is 1. The Morgan fingerprint density at radius 2 is 1.84 bits per heavy atom. The molecule has 3 N–H and O–H groups in total. The fraction of sp³-hybridized carbons (Fsp3) is 0.375. The van der Waals surface area contributed by atoms with Crippen LogP contribution in [0, 0.1) is 12.7 Å². The predicted octanol–water partition coefficient (Wildman–Crippen LogP) is 2.75. The summed E-state index contributed by atoms with van der Waals surface area (Å²) in [6, 6.07) is 12.3. The Bertz CT molecular complexity index is 975. The van der Waals surface area contributed by atoms with E-state index in [4.69, 9.17) is 0 Å². The average molecular weight is 440 g/mol. The molecule has 3 rings (SSSR count). The minimum absolute atomic E-state index is 0.175. The van der Waals surface area contributed by atoms with Gasteiger partial charge in [0.15, 0.2) is 5.96 Å². The van der Waals surface area contributed by atoms with Crippen LogP contribution in [-0.2, 0) is 11.3 Å². The first-order valence-corrected chi connectivity index (χ1v) is 10.9. The SMILES string of the molecule is CCNC(=NCc1ccc(N2CCCC2=O)cc1)NCCNC(=O)c1ccc(C)c(F)c1. The second kappa shape index (κ2) is 11.3. The molecule has 32 heavy (non-hydrogen) atoms. The van der Waals surface area contributed by atoms with Gasteiger partial charge in [-0.2, -0.15) is 0 Å². The van der Waals surface area contributed by atoms with Crippen molar-refractivity contribution in [3.63, 3.8) is 0 Å². The van der Waals surface area contributed by atoms with Gasteiger partial charge in [0.25, 0.3) is 5.91 Å². The van der Waals surface area contributed by atoms with Gasteiger partial charge in [-0.05, 0) is 55.7 Å². The molecule has 0 atom stereocenters. The van der Waals surface area contributed by atoms with Crippen molar-refractivity contribution in [1.82, 2.24) is 16.0 Å². The Morgan fingerprint density at radius 1 is 1.09 bits per heavy atom. The Morgan fingerprint density at radius 3 is 2.50 bits per heavy atom. The quantitative estimate of drug-likeness (QED) is 0.335. The molecule has 1 saturated heterocycles. The van der Waals surface area contributed by atoms with Crippen LogP contribution in [0.4, 0.5) is 10.1 Å². The maximum Gasteiger partial charge on any atom is 0.251 e. The molecule has 0 bridgehead atoms. The van der Waals surface area contributed by atoms with Gasteiger partial charge < -0.3 is 20.9 Å². The lowest BCUT2D eigenvalue weighted by Crippen LogP contribution is -2.41. The molecule has 1 fully saturated rings. The lowest BCUT2D eigenvalue weighted by atomic mass is 10.1. The Balaban J connectivity index is 1.47. The van der Waals surface area contributed by atoms with Crippen LogP contribution in [0.25, 0.3) is 0 Å². The highest BCUT2D eigenvalue weighted by molar-refractivity contribution is 5.95. The van der Waals surface area contributed by atoms with Gasteiger partial charge in [-0.15, -0.1) is 0 Å². The first-order valence-electron chi connectivity index (χ1n) is 10.9. The Labute approximate surface area is 188 Å². The van der Waals surface area contributed by atoms with Crippen LogP contribution >= 0.6 is 0 Å². The summed E-state index contributed by atoms with van der Waals surface area (Å²) in [5, 5.41) is 9.12. The van der Waals surface area contributed by atoms with E-state index in [1.165, 1.54) is 6.07 Å². The van der Waals surface area contributed by atoms with E-state index in [2.05, 4.69) is 20.9 Å². The van der Waals surface area contributed by atoms with Crippen molar-refractivity contribution >= 4 is 23.5 Å². The summed E-state index contributed by atoms with van der Waals surface area (Å²) in [5.41, 5.74) is 2.77. The minimum Gasteiger partial charge on any atom is -0.357 e. The highest BCUT2D eigenvalue weighted by Crippen LogP contribution is 2.21. The van der Waals surface area contributed by atoms with Gasteiger partial charge in [0.1, 0.15) is 5.82 Å². The molecular formula is C24H30FN5O2. The molecule has 0 aliphatic carbocycles. The van der Waals surface area contributed by atoms with E-state index < -0.39 is 5.82 Å². The van der Waals surface area contributed by atoms with Crippen molar-refractivity contribution < 1.29 is 14.0 Å². The van der Waals surface area contributed by atoms with E-state index >= 15 is 0 Å². The van der Waals surface area contributed by atoms with Crippen molar-refractivity contribution in [1.29, 1.82) is 0 Å². The van der Waals surface area contributed by atoms with Crippen LogP contribution in [-0.4, -0.2) is 44.0 Å². The monoisotopic (exact) mass is 439 g/mol. The van der Waals surface area contributed by atoms with E-state index in [1.807, 2.05) is 36.1 Å². The van der Waals surface area contributed by atoms with Crippen molar-refractivity contribution in [2.75, 3.05) is 31.1 Å². The summed E-state index contributed by atoms with van der Waals surface area (Å²) >= 11 is 0. The molecule has 7 nitrogen and oxygen atoms in total. The third-order valence-corrected chi connectivity index (χ3v) is 5.22. The van der Waals surface area contributed by atoms with E-state index in [1.54, 1.807) is 19.1 Å². The molecule has 2 aromatic carbocycles. The summed E-state index contributed by atoms with van der Waals surface area (Å²) in [4.78, 5) is 30.4. The summed E-state index contributed by atoms with van der Waals surface area (Å²) in [6.45, 7) is 6.45. The number of guanidine groups is 1. The summed E-state index contributed by atoms with van der Waals surface area (Å²) in [6.07, 6.45) is 1.52. The number of nitrogens with one attached hydrogen (secondary N) is 3. The van der Waals surface area contributed by atoms with Crippen LogP contribution in [0.2, 0.25) is 0 Å². The van der Waals surface area contributed by atoms with E-state index in [-0.39, 0.29) is 11.8 Å². The molecule has 0 radical (unpaired) electrons. The standard InChI is InChI=1S/C24H30FN5O2/c1-3-26-24(28-13-12-27-23(32)19-9-6-17(2)21(25)15-19)29-16-18-7-10-20(11-8-18)30-14-4-5-22(30)31/h6-11,15H,3-5,12-14,16H2,1-2H3,(H,27,32)(H2,26,28,29). The largest absolute Gasteiger partial charge is 0.357 e. The molecule has 8 heteroatoms. The minimum atomic E-state index is -0.391. The van der Waals surface area contributed by atoms with Gasteiger partial charge >= 0.3 is 0 Å². The molecule has 0 unspecified atom stereocenters. The molecule has 2 aromatic rings. The van der Waals surface area contributed by atoms with E-state index in [9.17, 15) is 14.0 Å². The summed E-state index contributed by atoms with van der Waals surface area (Å²) in [7, 11) is 0. The lowest BCUT2D eigenvalue weighted by Gasteiger charge is -2.16. The normalized spacial score (nSPS) is 13.9. The first-order chi connectivity index (χ1) is 15.5. The molecular weight excluding hydrogens is 409 g/mol. The second-order valence-electron chi connectivity index (χ2n) is 7.66. The molecule has 0 aromatic heterocycles. The van der Waals surface area contributed by atoms with Crippen molar-refractivity contribution in [2.45, 2.75) is 33.2 Å². The molecule has 1 heterocycles. The number of carbonyl (C=O) groups excluding carboxylic acids is 2. The van der Waals surface area contributed by atoms with Crippen molar-refractivity contribution in [3.05, 3.63) is 65.0 Å². The zero-order valence-electron chi connectivity index (χ0n) is 18.6. The number of anilines is 1. The van der Waals surface area contributed by atoms with E-state index in [0.717, 1.165) is 24.2 Å². The van der Waals surface area contributed by atoms with Gasteiger partial charge in [0.2, 0.25) is 5.91 Å². The van der Waals surface area contributed by atoms with Crippen LogP contribution in [0.15, 0.2) is 47.5 Å². The van der Waals surface area contributed by atoms with Crippen LogP contribution in [0.1, 0.15) is 41.3 Å². The van der Waals surface area contributed by atoms with Gasteiger partial charge in [-0.3, -0.25) is 9.59 Å². The number of carbonyl (C=O) groups is 2. The smallest absolute Gasteiger partial charge is 0.251 e.